The van der Waals surface area contributed by atoms with Crippen molar-refractivity contribution in [3.05, 3.63) is 23.5 Å². The van der Waals surface area contributed by atoms with Crippen LogP contribution in [-0.2, 0) is 4.79 Å². The van der Waals surface area contributed by atoms with Crippen LogP contribution in [0.2, 0.25) is 0 Å². The van der Waals surface area contributed by atoms with Crippen LogP contribution < -0.4 is 0 Å². The summed E-state index contributed by atoms with van der Waals surface area (Å²) in [6.07, 6.45) is 8.63. The van der Waals surface area contributed by atoms with E-state index in [1.165, 1.54) is 31.2 Å². The summed E-state index contributed by atoms with van der Waals surface area (Å²) in [7, 11) is 0. The maximum absolute atomic E-state index is 10.5. The Morgan fingerprint density at radius 1 is 1.41 bits per heavy atom. The summed E-state index contributed by atoms with van der Waals surface area (Å²) < 4.78 is 0. The molecule has 0 atom stereocenters. The Balaban J connectivity index is 2.37. The number of rotatable bonds is 3. The Hall–Kier alpha value is -1.47. The number of hydrogen-bond donors (Lipinski definition) is 0. The van der Waals surface area contributed by atoms with Crippen LogP contribution in [-0.4, -0.2) is 11.1 Å². The van der Waals surface area contributed by atoms with Crippen molar-refractivity contribution in [3.8, 4) is 0 Å². The van der Waals surface area contributed by atoms with Crippen LogP contribution >= 0.6 is 0 Å². The van der Waals surface area contributed by atoms with Crippen molar-refractivity contribution in [2.75, 3.05) is 0 Å². The van der Waals surface area contributed by atoms with Crippen LogP contribution in [0.4, 0.5) is 5.69 Å². The van der Waals surface area contributed by atoms with Gasteiger partial charge in [-0.1, -0.05) is 26.7 Å². The molecule has 1 aliphatic rings. The monoisotopic (exact) mass is 230 g/mol. The van der Waals surface area contributed by atoms with Crippen molar-refractivity contribution in [2.45, 2.75) is 51.4 Å². The summed E-state index contributed by atoms with van der Waals surface area (Å²) in [6.45, 7) is 4.11. The predicted octanol–water partition coefficient (Wildman–Crippen LogP) is 3.83. The maximum Gasteiger partial charge on any atom is 0.240 e. The molecule has 1 aliphatic carbocycles. The summed E-state index contributed by atoms with van der Waals surface area (Å²) in [4.78, 5) is 18.7. The van der Waals surface area contributed by atoms with Crippen LogP contribution in [0.25, 0.3) is 0 Å². The second-order valence-corrected chi connectivity index (χ2v) is 5.01. The molecule has 1 aromatic heterocycles. The Kier molecular flexibility index (Phi) is 3.70. The van der Waals surface area contributed by atoms with Gasteiger partial charge in [0.2, 0.25) is 6.08 Å². The smallest absolute Gasteiger partial charge is 0.240 e. The normalized spacial score (nSPS) is 16.2. The van der Waals surface area contributed by atoms with Crippen LogP contribution in [0.5, 0.6) is 0 Å². The highest BCUT2D eigenvalue weighted by Crippen LogP contribution is 2.36. The molecule has 0 spiro atoms. The Morgan fingerprint density at radius 3 is 2.71 bits per heavy atom. The van der Waals surface area contributed by atoms with E-state index in [1.54, 1.807) is 6.08 Å². The minimum absolute atomic E-state index is 0.278. The zero-order valence-corrected chi connectivity index (χ0v) is 10.4. The zero-order valence-electron chi connectivity index (χ0n) is 10.4. The summed E-state index contributed by atoms with van der Waals surface area (Å²) in [6, 6.07) is 2.02. The third-order valence-corrected chi connectivity index (χ3v) is 3.46. The van der Waals surface area contributed by atoms with Gasteiger partial charge in [0.1, 0.15) is 0 Å². The van der Waals surface area contributed by atoms with E-state index in [0.717, 1.165) is 5.69 Å². The first-order chi connectivity index (χ1) is 8.22. The van der Waals surface area contributed by atoms with Gasteiger partial charge in [-0.05, 0) is 36.3 Å². The first-order valence-corrected chi connectivity index (χ1v) is 6.30. The SMILES string of the molecule is CC(C)c1ncc(C2CCCC2)cc1N=C=O. The molecule has 17 heavy (non-hydrogen) atoms. The molecule has 0 saturated heterocycles. The number of carbonyl (C=O) groups excluding carboxylic acids is 1. The molecule has 0 amide bonds. The summed E-state index contributed by atoms with van der Waals surface area (Å²) in [5.41, 5.74) is 2.80. The molecule has 0 aromatic carbocycles. The molecule has 0 aliphatic heterocycles. The molecule has 3 nitrogen and oxygen atoms in total. The molecular weight excluding hydrogens is 212 g/mol. The Morgan fingerprint density at radius 2 is 2.12 bits per heavy atom. The highest BCUT2D eigenvalue weighted by Gasteiger charge is 2.19. The molecule has 0 N–H and O–H groups in total. The van der Waals surface area contributed by atoms with E-state index in [2.05, 4.69) is 23.8 Å². The first kappa shape index (κ1) is 12.0. The van der Waals surface area contributed by atoms with Crippen molar-refractivity contribution in [2.24, 2.45) is 4.99 Å². The van der Waals surface area contributed by atoms with Gasteiger partial charge in [0.15, 0.2) is 0 Å². The molecule has 90 valence electrons. The third-order valence-electron chi connectivity index (χ3n) is 3.46. The highest BCUT2D eigenvalue weighted by molar-refractivity contribution is 5.53. The van der Waals surface area contributed by atoms with E-state index in [4.69, 9.17) is 0 Å². The highest BCUT2D eigenvalue weighted by atomic mass is 16.1. The summed E-state index contributed by atoms with van der Waals surface area (Å²) in [5.74, 6) is 0.879. The molecule has 1 fully saturated rings. The molecule has 1 aromatic rings. The second kappa shape index (κ2) is 5.24. The number of nitrogens with zero attached hydrogens (tertiary/aromatic N) is 2. The van der Waals surface area contributed by atoms with Crippen molar-refractivity contribution in [1.82, 2.24) is 4.98 Å². The number of isocyanates is 1. The van der Waals surface area contributed by atoms with E-state index >= 15 is 0 Å². The second-order valence-electron chi connectivity index (χ2n) is 5.01. The van der Waals surface area contributed by atoms with Crippen LogP contribution in [0.3, 0.4) is 0 Å². The number of pyridine rings is 1. The molecule has 1 saturated carbocycles. The van der Waals surface area contributed by atoms with Crippen LogP contribution in [0.15, 0.2) is 17.3 Å². The number of hydrogen-bond acceptors (Lipinski definition) is 3. The van der Waals surface area contributed by atoms with Gasteiger partial charge in [0.05, 0.1) is 11.4 Å². The average molecular weight is 230 g/mol. The van der Waals surface area contributed by atoms with E-state index in [0.29, 0.717) is 11.6 Å². The topological polar surface area (TPSA) is 42.3 Å². The van der Waals surface area contributed by atoms with E-state index in [9.17, 15) is 4.79 Å². The van der Waals surface area contributed by atoms with Crippen molar-refractivity contribution < 1.29 is 4.79 Å². The van der Waals surface area contributed by atoms with Crippen molar-refractivity contribution in [1.29, 1.82) is 0 Å². The van der Waals surface area contributed by atoms with Gasteiger partial charge in [-0.25, -0.2) is 4.79 Å². The van der Waals surface area contributed by atoms with Gasteiger partial charge in [0.25, 0.3) is 0 Å². The van der Waals surface area contributed by atoms with Gasteiger partial charge in [-0.2, -0.15) is 4.99 Å². The molecule has 3 heteroatoms. The third kappa shape index (κ3) is 2.62. The first-order valence-electron chi connectivity index (χ1n) is 6.30. The van der Waals surface area contributed by atoms with Crippen molar-refractivity contribution >= 4 is 11.8 Å². The largest absolute Gasteiger partial charge is 0.258 e. The fourth-order valence-electron chi connectivity index (χ4n) is 2.55. The lowest BCUT2D eigenvalue weighted by atomic mass is 9.97. The van der Waals surface area contributed by atoms with Gasteiger partial charge < -0.3 is 0 Å². The minimum Gasteiger partial charge on any atom is -0.258 e. The standard InChI is InChI=1S/C14H18N2O/c1-10(2)14-13(16-9-17)7-12(8-15-14)11-5-3-4-6-11/h7-8,10-11H,3-6H2,1-2H3. The average Bonchev–Trinajstić information content (AvgIpc) is 2.82. The molecule has 2 rings (SSSR count). The van der Waals surface area contributed by atoms with E-state index < -0.39 is 0 Å². The lowest BCUT2D eigenvalue weighted by molar-refractivity contribution is 0.565. The number of aliphatic imine (C=N–C) groups is 1. The quantitative estimate of drug-likeness (QED) is 0.585. The van der Waals surface area contributed by atoms with Gasteiger partial charge in [-0.3, -0.25) is 4.98 Å². The lowest BCUT2D eigenvalue weighted by Crippen LogP contribution is -1.98. The fourth-order valence-corrected chi connectivity index (χ4v) is 2.55. The minimum atomic E-state index is 0.278. The van der Waals surface area contributed by atoms with E-state index in [-0.39, 0.29) is 5.92 Å². The molecule has 0 radical (unpaired) electrons. The van der Waals surface area contributed by atoms with E-state index in [1.807, 2.05) is 12.3 Å². The molecule has 0 bridgehead atoms. The molecular formula is C14H18N2O. The van der Waals surface area contributed by atoms with Gasteiger partial charge in [0, 0.05) is 6.20 Å². The maximum atomic E-state index is 10.5. The van der Waals surface area contributed by atoms with Crippen LogP contribution in [0, 0.1) is 0 Å². The van der Waals surface area contributed by atoms with Gasteiger partial charge in [-0.15, -0.1) is 0 Å². The predicted molar refractivity (Wildman–Crippen MR) is 67.3 cm³/mol. The fraction of sp³-hybridized carbons (Fsp3) is 0.571. The Labute approximate surface area is 102 Å². The summed E-state index contributed by atoms with van der Waals surface area (Å²) >= 11 is 0. The zero-order chi connectivity index (χ0) is 12.3. The number of aromatic nitrogens is 1. The Bertz CT molecular complexity index is 442. The van der Waals surface area contributed by atoms with Crippen LogP contribution in [0.1, 0.15) is 62.6 Å². The van der Waals surface area contributed by atoms with Crippen molar-refractivity contribution in [3.63, 3.8) is 0 Å². The molecule has 1 heterocycles. The van der Waals surface area contributed by atoms with Gasteiger partial charge >= 0.3 is 0 Å². The lowest BCUT2D eigenvalue weighted by Gasteiger charge is -2.13. The molecule has 0 unspecified atom stereocenters. The summed E-state index contributed by atoms with van der Waals surface area (Å²) in [5, 5.41) is 0.